The molecule has 0 aromatic carbocycles. The van der Waals surface area contributed by atoms with Gasteiger partial charge in [0.05, 0.1) is 0 Å². The summed E-state index contributed by atoms with van der Waals surface area (Å²) in [5.41, 5.74) is 0. The van der Waals surface area contributed by atoms with E-state index in [0.29, 0.717) is 12.0 Å². The minimum absolute atomic E-state index is 0.451. The first kappa shape index (κ1) is 14.3. The van der Waals surface area contributed by atoms with Crippen LogP contribution in [0.3, 0.4) is 0 Å². The maximum absolute atomic E-state index is 5.46. The first-order chi connectivity index (χ1) is 9.28. The van der Waals surface area contributed by atoms with Gasteiger partial charge in [-0.25, -0.2) is 0 Å². The molecule has 1 aromatic rings. The van der Waals surface area contributed by atoms with E-state index in [1.807, 2.05) is 0 Å². The topological polar surface area (TPSA) is 54.2 Å². The molecule has 5 nitrogen and oxygen atoms in total. The fourth-order valence-electron chi connectivity index (χ4n) is 2.86. The van der Waals surface area contributed by atoms with Gasteiger partial charge in [-0.05, 0) is 51.2 Å². The summed E-state index contributed by atoms with van der Waals surface area (Å²) in [6.45, 7) is 9.29. The summed E-state index contributed by atoms with van der Waals surface area (Å²) in [7, 11) is 0. The van der Waals surface area contributed by atoms with E-state index >= 15 is 0 Å². The lowest BCUT2D eigenvalue weighted by Crippen LogP contribution is -2.32. The average Bonchev–Trinajstić information content (AvgIpc) is 2.91. The average molecular weight is 266 g/mol. The second-order valence-electron chi connectivity index (χ2n) is 5.21. The van der Waals surface area contributed by atoms with Crippen molar-refractivity contribution in [3.8, 4) is 0 Å². The predicted octanol–water partition coefficient (Wildman–Crippen LogP) is 2.55. The molecule has 1 fully saturated rings. The molecule has 1 N–H and O–H groups in total. The SMILES string of the molecule is CCNC1CCC(c2nc(N(CC)CC)no2)CC1. The zero-order valence-corrected chi connectivity index (χ0v) is 12.4. The molecule has 1 aliphatic rings. The summed E-state index contributed by atoms with van der Waals surface area (Å²) in [5, 5.41) is 7.64. The van der Waals surface area contributed by atoms with Gasteiger partial charge in [-0.2, -0.15) is 4.98 Å². The van der Waals surface area contributed by atoms with E-state index in [9.17, 15) is 0 Å². The van der Waals surface area contributed by atoms with Gasteiger partial charge in [0.15, 0.2) is 0 Å². The van der Waals surface area contributed by atoms with Crippen LogP contribution in [0, 0.1) is 0 Å². The zero-order chi connectivity index (χ0) is 13.7. The molecular formula is C14H26N4O. The van der Waals surface area contributed by atoms with Crippen LogP contribution in [0.15, 0.2) is 4.52 Å². The third kappa shape index (κ3) is 3.47. The van der Waals surface area contributed by atoms with Gasteiger partial charge in [0, 0.05) is 25.0 Å². The summed E-state index contributed by atoms with van der Waals surface area (Å²) >= 11 is 0. The minimum atomic E-state index is 0.451. The van der Waals surface area contributed by atoms with Gasteiger partial charge in [0.25, 0.3) is 5.95 Å². The van der Waals surface area contributed by atoms with Crippen LogP contribution < -0.4 is 10.2 Å². The molecule has 0 spiro atoms. The second kappa shape index (κ2) is 6.89. The van der Waals surface area contributed by atoms with E-state index in [0.717, 1.165) is 44.3 Å². The first-order valence-corrected chi connectivity index (χ1v) is 7.60. The number of rotatable bonds is 6. The van der Waals surface area contributed by atoms with Crippen LogP contribution in [0.25, 0.3) is 0 Å². The van der Waals surface area contributed by atoms with Crippen LogP contribution in [0.1, 0.15) is 58.3 Å². The van der Waals surface area contributed by atoms with Crippen molar-refractivity contribution in [3.63, 3.8) is 0 Å². The standard InChI is InChI=1S/C14H26N4O/c1-4-15-12-9-7-11(8-10-12)13-16-14(17-19-13)18(5-2)6-3/h11-12,15H,4-10H2,1-3H3. The van der Waals surface area contributed by atoms with E-state index in [1.165, 1.54) is 12.8 Å². The van der Waals surface area contributed by atoms with Crippen LogP contribution in [-0.4, -0.2) is 35.8 Å². The number of nitrogens with one attached hydrogen (secondary N) is 1. The Hall–Kier alpha value is -1.10. The molecule has 0 amide bonds. The lowest BCUT2D eigenvalue weighted by molar-refractivity contribution is 0.284. The number of anilines is 1. The van der Waals surface area contributed by atoms with Crippen molar-refractivity contribution < 1.29 is 4.52 Å². The fourth-order valence-corrected chi connectivity index (χ4v) is 2.86. The molecule has 0 atom stereocenters. The van der Waals surface area contributed by atoms with E-state index < -0.39 is 0 Å². The smallest absolute Gasteiger partial charge is 0.266 e. The van der Waals surface area contributed by atoms with Gasteiger partial charge >= 0.3 is 0 Å². The molecule has 108 valence electrons. The highest BCUT2D eigenvalue weighted by Gasteiger charge is 2.26. The van der Waals surface area contributed by atoms with E-state index in [-0.39, 0.29) is 0 Å². The first-order valence-electron chi connectivity index (χ1n) is 7.60. The van der Waals surface area contributed by atoms with E-state index in [2.05, 4.69) is 41.1 Å². The van der Waals surface area contributed by atoms with Crippen LogP contribution in [0.4, 0.5) is 5.95 Å². The van der Waals surface area contributed by atoms with Crippen molar-refractivity contribution in [2.45, 2.75) is 58.4 Å². The molecular weight excluding hydrogens is 240 g/mol. The third-order valence-corrected chi connectivity index (χ3v) is 4.05. The molecule has 1 aliphatic carbocycles. The lowest BCUT2D eigenvalue weighted by atomic mass is 9.86. The molecule has 1 heterocycles. The highest BCUT2D eigenvalue weighted by molar-refractivity contribution is 5.27. The monoisotopic (exact) mass is 266 g/mol. The van der Waals surface area contributed by atoms with Crippen molar-refractivity contribution in [1.82, 2.24) is 15.5 Å². The zero-order valence-electron chi connectivity index (χ0n) is 12.4. The summed E-state index contributed by atoms with van der Waals surface area (Å²) in [6, 6.07) is 0.673. The Morgan fingerprint density at radius 2 is 1.84 bits per heavy atom. The third-order valence-electron chi connectivity index (χ3n) is 4.05. The Labute approximate surface area is 115 Å². The second-order valence-corrected chi connectivity index (χ2v) is 5.21. The number of nitrogens with zero attached hydrogens (tertiary/aromatic N) is 3. The molecule has 0 radical (unpaired) electrons. The maximum Gasteiger partial charge on any atom is 0.266 e. The Kier molecular flexibility index (Phi) is 5.19. The lowest BCUT2D eigenvalue weighted by Gasteiger charge is -2.26. The Morgan fingerprint density at radius 3 is 2.42 bits per heavy atom. The van der Waals surface area contributed by atoms with Gasteiger partial charge < -0.3 is 14.7 Å². The summed E-state index contributed by atoms with van der Waals surface area (Å²) in [6.07, 6.45) is 4.72. The van der Waals surface area contributed by atoms with Crippen molar-refractivity contribution in [1.29, 1.82) is 0 Å². The molecule has 0 bridgehead atoms. The molecule has 19 heavy (non-hydrogen) atoms. The van der Waals surface area contributed by atoms with Crippen LogP contribution in [0.2, 0.25) is 0 Å². The Balaban J connectivity index is 1.93. The summed E-state index contributed by atoms with van der Waals surface area (Å²) < 4.78 is 5.46. The quantitative estimate of drug-likeness (QED) is 0.857. The van der Waals surface area contributed by atoms with Crippen LogP contribution in [0.5, 0.6) is 0 Å². The number of hydrogen-bond donors (Lipinski definition) is 1. The molecule has 1 aromatic heterocycles. The van der Waals surface area contributed by atoms with Crippen LogP contribution >= 0.6 is 0 Å². The van der Waals surface area contributed by atoms with E-state index in [1.54, 1.807) is 0 Å². The highest BCUT2D eigenvalue weighted by Crippen LogP contribution is 2.32. The summed E-state index contributed by atoms with van der Waals surface area (Å²) in [5.74, 6) is 2.03. The molecule has 2 rings (SSSR count). The number of aromatic nitrogens is 2. The predicted molar refractivity (Wildman–Crippen MR) is 76.5 cm³/mol. The maximum atomic E-state index is 5.46. The van der Waals surface area contributed by atoms with Crippen molar-refractivity contribution in [2.24, 2.45) is 0 Å². The Morgan fingerprint density at radius 1 is 1.16 bits per heavy atom. The van der Waals surface area contributed by atoms with Crippen LogP contribution in [-0.2, 0) is 0 Å². The van der Waals surface area contributed by atoms with Crippen molar-refractivity contribution in [2.75, 3.05) is 24.5 Å². The molecule has 0 saturated heterocycles. The largest absolute Gasteiger partial charge is 0.339 e. The Bertz CT molecular complexity index is 367. The van der Waals surface area contributed by atoms with Crippen molar-refractivity contribution in [3.05, 3.63) is 5.89 Å². The van der Waals surface area contributed by atoms with Gasteiger partial charge in [-0.1, -0.05) is 6.92 Å². The normalized spacial score (nSPS) is 23.5. The fraction of sp³-hybridized carbons (Fsp3) is 0.857. The molecule has 1 saturated carbocycles. The summed E-state index contributed by atoms with van der Waals surface area (Å²) in [4.78, 5) is 6.70. The van der Waals surface area contributed by atoms with Gasteiger partial charge in [-0.15, -0.1) is 0 Å². The highest BCUT2D eigenvalue weighted by atomic mass is 16.5. The van der Waals surface area contributed by atoms with E-state index in [4.69, 9.17) is 4.52 Å². The molecule has 0 aliphatic heterocycles. The molecule has 5 heteroatoms. The van der Waals surface area contributed by atoms with Gasteiger partial charge in [0.1, 0.15) is 0 Å². The minimum Gasteiger partial charge on any atom is -0.339 e. The molecule has 0 unspecified atom stereocenters. The van der Waals surface area contributed by atoms with Gasteiger partial charge in [-0.3, -0.25) is 0 Å². The van der Waals surface area contributed by atoms with Gasteiger partial charge in [0.2, 0.25) is 5.89 Å². The number of hydrogen-bond acceptors (Lipinski definition) is 5. The van der Waals surface area contributed by atoms with Crippen molar-refractivity contribution >= 4 is 5.95 Å².